The second-order valence-corrected chi connectivity index (χ2v) is 6.35. The Kier molecular flexibility index (Phi) is 6.29. The van der Waals surface area contributed by atoms with Gasteiger partial charge in [-0.05, 0) is 24.3 Å². The molecule has 0 aliphatic carbocycles. The molecule has 0 aliphatic heterocycles. The van der Waals surface area contributed by atoms with E-state index in [2.05, 4.69) is 5.32 Å². The maximum Gasteiger partial charge on any atom is 0.255 e. The third kappa shape index (κ3) is 4.81. The zero-order chi connectivity index (χ0) is 21.0. The van der Waals surface area contributed by atoms with Gasteiger partial charge in [-0.15, -0.1) is 0 Å². The maximum atomic E-state index is 13.7. The Balaban J connectivity index is 1.76. The van der Waals surface area contributed by atoms with E-state index in [0.717, 1.165) is 5.56 Å². The number of carbonyl (C=O) groups is 1. The minimum absolute atomic E-state index is 0.107. The summed E-state index contributed by atoms with van der Waals surface area (Å²) in [6.45, 7) is 0.182. The van der Waals surface area contributed by atoms with E-state index < -0.39 is 29.0 Å². The van der Waals surface area contributed by atoms with Crippen molar-refractivity contribution in [1.29, 1.82) is 0 Å². The SMILES string of the molecule is COc1cc(C(=O)Nc2cc(F)c(F)cc2F)ccc1OCc1ccccc1Cl. The van der Waals surface area contributed by atoms with Crippen LogP contribution in [-0.4, -0.2) is 13.0 Å². The molecule has 0 spiro atoms. The molecule has 8 heteroatoms. The number of halogens is 4. The number of amides is 1. The molecule has 0 saturated heterocycles. The van der Waals surface area contributed by atoms with Gasteiger partial charge >= 0.3 is 0 Å². The third-order valence-corrected chi connectivity index (χ3v) is 4.39. The molecule has 0 saturated carbocycles. The molecule has 1 amide bonds. The fraction of sp³-hybridized carbons (Fsp3) is 0.0952. The van der Waals surface area contributed by atoms with Gasteiger partial charge in [0.15, 0.2) is 23.1 Å². The Bertz CT molecular complexity index is 1060. The van der Waals surface area contributed by atoms with Crippen molar-refractivity contribution < 1.29 is 27.4 Å². The van der Waals surface area contributed by atoms with Crippen molar-refractivity contribution in [2.24, 2.45) is 0 Å². The summed E-state index contributed by atoms with van der Waals surface area (Å²) in [5.41, 5.74) is 0.398. The number of rotatable bonds is 6. The number of hydrogen-bond acceptors (Lipinski definition) is 3. The van der Waals surface area contributed by atoms with E-state index in [-0.39, 0.29) is 17.9 Å². The highest BCUT2D eigenvalue weighted by Gasteiger charge is 2.16. The lowest BCUT2D eigenvalue weighted by atomic mass is 10.1. The summed E-state index contributed by atoms with van der Waals surface area (Å²) in [5.74, 6) is -3.82. The molecule has 3 rings (SSSR count). The highest BCUT2D eigenvalue weighted by Crippen LogP contribution is 2.30. The van der Waals surface area contributed by atoms with E-state index in [1.165, 1.54) is 25.3 Å². The largest absolute Gasteiger partial charge is 0.493 e. The van der Waals surface area contributed by atoms with E-state index in [9.17, 15) is 18.0 Å². The van der Waals surface area contributed by atoms with Crippen LogP contribution < -0.4 is 14.8 Å². The maximum absolute atomic E-state index is 13.7. The van der Waals surface area contributed by atoms with Gasteiger partial charge in [-0.2, -0.15) is 0 Å². The van der Waals surface area contributed by atoms with Crippen molar-refractivity contribution in [2.45, 2.75) is 6.61 Å². The number of benzene rings is 3. The summed E-state index contributed by atoms with van der Waals surface area (Å²) in [7, 11) is 1.40. The lowest BCUT2D eigenvalue weighted by Gasteiger charge is -2.13. The quantitative estimate of drug-likeness (QED) is 0.527. The standard InChI is InChI=1S/C21H15ClF3NO3/c1-28-20-8-12(21(27)26-18-10-16(24)15(23)9-17(18)25)6-7-19(20)29-11-13-4-2-3-5-14(13)22/h2-10H,11H2,1H3,(H,26,27). The van der Waals surface area contributed by atoms with Gasteiger partial charge < -0.3 is 14.8 Å². The molecule has 0 aromatic heterocycles. The molecular weight excluding hydrogens is 407 g/mol. The van der Waals surface area contributed by atoms with E-state index in [0.29, 0.717) is 22.9 Å². The van der Waals surface area contributed by atoms with Crippen LogP contribution in [0.4, 0.5) is 18.9 Å². The number of ether oxygens (including phenoxy) is 2. The first-order chi connectivity index (χ1) is 13.9. The summed E-state index contributed by atoms with van der Waals surface area (Å²) in [4.78, 5) is 12.4. The third-order valence-electron chi connectivity index (χ3n) is 4.02. The minimum atomic E-state index is -1.35. The number of carbonyl (C=O) groups excluding carboxylic acids is 1. The molecule has 0 atom stereocenters. The Hall–Kier alpha value is -3.19. The first-order valence-corrected chi connectivity index (χ1v) is 8.77. The summed E-state index contributed by atoms with van der Waals surface area (Å²) in [5, 5.41) is 2.75. The van der Waals surface area contributed by atoms with Gasteiger partial charge in [0.25, 0.3) is 5.91 Å². The minimum Gasteiger partial charge on any atom is -0.493 e. The van der Waals surface area contributed by atoms with Crippen LogP contribution in [0, 0.1) is 17.5 Å². The van der Waals surface area contributed by atoms with Crippen LogP contribution in [0.2, 0.25) is 5.02 Å². The molecule has 3 aromatic carbocycles. The van der Waals surface area contributed by atoms with E-state index in [1.54, 1.807) is 12.1 Å². The second kappa shape index (κ2) is 8.87. The first-order valence-electron chi connectivity index (χ1n) is 8.39. The number of nitrogens with one attached hydrogen (secondary N) is 1. The molecule has 0 fully saturated rings. The number of methoxy groups -OCH3 is 1. The summed E-state index contributed by atoms with van der Waals surface area (Å²) < 4.78 is 51.0. The molecule has 29 heavy (non-hydrogen) atoms. The summed E-state index contributed by atoms with van der Waals surface area (Å²) in [6, 6.07) is 12.4. The number of anilines is 1. The van der Waals surface area contributed by atoms with Crippen LogP contribution in [0.5, 0.6) is 11.5 Å². The van der Waals surface area contributed by atoms with Gasteiger partial charge in [0, 0.05) is 28.3 Å². The van der Waals surface area contributed by atoms with Crippen LogP contribution in [-0.2, 0) is 6.61 Å². The molecule has 150 valence electrons. The fourth-order valence-corrected chi connectivity index (χ4v) is 2.70. The van der Waals surface area contributed by atoms with Gasteiger partial charge in [0.2, 0.25) is 0 Å². The van der Waals surface area contributed by atoms with Gasteiger partial charge in [-0.1, -0.05) is 29.8 Å². The smallest absolute Gasteiger partial charge is 0.255 e. The highest BCUT2D eigenvalue weighted by atomic mass is 35.5. The van der Waals surface area contributed by atoms with Gasteiger partial charge in [-0.25, -0.2) is 13.2 Å². The van der Waals surface area contributed by atoms with Gasteiger partial charge in [0.05, 0.1) is 12.8 Å². The van der Waals surface area contributed by atoms with Crippen molar-refractivity contribution in [3.8, 4) is 11.5 Å². The monoisotopic (exact) mass is 421 g/mol. The molecule has 0 radical (unpaired) electrons. The zero-order valence-corrected chi connectivity index (χ0v) is 15.9. The molecule has 0 unspecified atom stereocenters. The molecular formula is C21H15ClF3NO3. The Morgan fingerprint density at radius 3 is 2.41 bits per heavy atom. The zero-order valence-electron chi connectivity index (χ0n) is 15.1. The molecule has 1 N–H and O–H groups in total. The fourth-order valence-electron chi connectivity index (χ4n) is 2.51. The Morgan fingerprint density at radius 2 is 1.69 bits per heavy atom. The van der Waals surface area contributed by atoms with Crippen LogP contribution in [0.25, 0.3) is 0 Å². The predicted octanol–water partition coefficient (Wildman–Crippen LogP) is 5.60. The van der Waals surface area contributed by atoms with Crippen molar-refractivity contribution >= 4 is 23.2 Å². The number of hydrogen-bond donors (Lipinski definition) is 1. The van der Waals surface area contributed by atoms with Crippen LogP contribution >= 0.6 is 11.6 Å². The van der Waals surface area contributed by atoms with Crippen LogP contribution in [0.15, 0.2) is 54.6 Å². The lowest BCUT2D eigenvalue weighted by molar-refractivity contribution is 0.102. The van der Waals surface area contributed by atoms with Gasteiger partial charge in [0.1, 0.15) is 12.4 Å². The summed E-state index contributed by atoms with van der Waals surface area (Å²) >= 11 is 6.10. The topological polar surface area (TPSA) is 47.6 Å². The molecule has 0 heterocycles. The highest BCUT2D eigenvalue weighted by molar-refractivity contribution is 6.31. The average Bonchev–Trinajstić information content (AvgIpc) is 2.71. The molecule has 0 aliphatic rings. The van der Waals surface area contributed by atoms with Crippen molar-refractivity contribution in [1.82, 2.24) is 0 Å². The molecule has 3 aromatic rings. The Labute approximate surface area is 169 Å². The average molecular weight is 422 g/mol. The molecule has 4 nitrogen and oxygen atoms in total. The Morgan fingerprint density at radius 1 is 0.966 bits per heavy atom. The summed E-state index contributed by atoms with van der Waals surface area (Å²) in [6.07, 6.45) is 0. The first kappa shape index (κ1) is 20.5. The van der Waals surface area contributed by atoms with Crippen molar-refractivity contribution in [3.05, 3.63) is 88.2 Å². The van der Waals surface area contributed by atoms with E-state index >= 15 is 0 Å². The van der Waals surface area contributed by atoms with Gasteiger partial charge in [-0.3, -0.25) is 4.79 Å². The van der Waals surface area contributed by atoms with E-state index in [4.69, 9.17) is 21.1 Å². The molecule has 0 bridgehead atoms. The van der Waals surface area contributed by atoms with E-state index in [1.807, 2.05) is 12.1 Å². The second-order valence-electron chi connectivity index (χ2n) is 5.95. The van der Waals surface area contributed by atoms with Crippen molar-refractivity contribution in [2.75, 3.05) is 12.4 Å². The lowest BCUT2D eigenvalue weighted by Crippen LogP contribution is -2.14. The van der Waals surface area contributed by atoms with Crippen LogP contribution in [0.1, 0.15) is 15.9 Å². The van der Waals surface area contributed by atoms with Crippen LogP contribution in [0.3, 0.4) is 0 Å². The normalized spacial score (nSPS) is 10.5. The predicted molar refractivity (Wildman–Crippen MR) is 103 cm³/mol. The van der Waals surface area contributed by atoms with Crippen molar-refractivity contribution in [3.63, 3.8) is 0 Å².